The lowest BCUT2D eigenvalue weighted by atomic mass is 9.79. The topological polar surface area (TPSA) is 75.1 Å². The van der Waals surface area contributed by atoms with Crippen molar-refractivity contribution in [3.8, 4) is 0 Å². The first kappa shape index (κ1) is 13.9. The minimum atomic E-state index is -0.654. The van der Waals surface area contributed by atoms with Crippen LogP contribution in [0.5, 0.6) is 0 Å². The molecule has 2 N–H and O–H groups in total. The van der Waals surface area contributed by atoms with Crippen LogP contribution >= 0.6 is 0 Å². The van der Waals surface area contributed by atoms with Crippen LogP contribution in [0.3, 0.4) is 0 Å². The quantitative estimate of drug-likeness (QED) is 0.850. The van der Waals surface area contributed by atoms with Crippen molar-refractivity contribution in [2.75, 3.05) is 6.54 Å². The molecule has 5 nitrogen and oxygen atoms in total. The zero-order chi connectivity index (χ0) is 13.7. The van der Waals surface area contributed by atoms with E-state index < -0.39 is 5.97 Å². The van der Waals surface area contributed by atoms with Crippen molar-refractivity contribution in [3.63, 3.8) is 0 Å². The second kappa shape index (κ2) is 6.61. The van der Waals surface area contributed by atoms with Crippen LogP contribution in [0.4, 0.5) is 0 Å². The summed E-state index contributed by atoms with van der Waals surface area (Å²) < 4.78 is 0. The fourth-order valence-corrected chi connectivity index (χ4v) is 2.74. The molecule has 0 aliphatic heterocycles. The molecule has 19 heavy (non-hydrogen) atoms. The summed E-state index contributed by atoms with van der Waals surface area (Å²) in [6, 6.07) is 0.102. The second-order valence-electron chi connectivity index (χ2n) is 5.25. The molecular weight excluding hydrogens is 242 g/mol. The summed E-state index contributed by atoms with van der Waals surface area (Å²) in [4.78, 5) is 19.5. The molecule has 0 radical (unpaired) electrons. The lowest BCUT2D eigenvalue weighted by molar-refractivity contribution is -0.144. The molecular formula is C14H21N3O2. The van der Waals surface area contributed by atoms with Crippen LogP contribution in [0.1, 0.15) is 44.3 Å². The molecule has 1 aromatic heterocycles. The van der Waals surface area contributed by atoms with Gasteiger partial charge in [0, 0.05) is 24.6 Å². The van der Waals surface area contributed by atoms with Gasteiger partial charge in [-0.05, 0) is 32.2 Å². The SMILES string of the molecule is CC(NCC1CCCCC1C(=O)O)c1cnccn1. The Labute approximate surface area is 113 Å². The number of hydrogen-bond acceptors (Lipinski definition) is 4. The lowest BCUT2D eigenvalue weighted by Gasteiger charge is -2.29. The van der Waals surface area contributed by atoms with Crippen LogP contribution in [0, 0.1) is 11.8 Å². The summed E-state index contributed by atoms with van der Waals surface area (Å²) >= 11 is 0. The molecule has 0 saturated heterocycles. The third kappa shape index (κ3) is 3.73. The predicted molar refractivity (Wildman–Crippen MR) is 71.5 cm³/mol. The standard InChI is InChI=1S/C14H21N3O2/c1-10(13-9-15-6-7-16-13)17-8-11-4-2-3-5-12(11)14(18)19/h6-7,9-12,17H,2-5,8H2,1H3,(H,18,19). The Morgan fingerprint density at radius 2 is 2.26 bits per heavy atom. The number of nitrogens with one attached hydrogen (secondary N) is 1. The van der Waals surface area contributed by atoms with Crippen molar-refractivity contribution < 1.29 is 9.90 Å². The Balaban J connectivity index is 1.88. The maximum Gasteiger partial charge on any atom is 0.306 e. The highest BCUT2D eigenvalue weighted by Crippen LogP contribution is 2.30. The molecule has 5 heteroatoms. The van der Waals surface area contributed by atoms with E-state index in [-0.39, 0.29) is 17.9 Å². The van der Waals surface area contributed by atoms with Crippen molar-refractivity contribution in [2.24, 2.45) is 11.8 Å². The molecule has 1 heterocycles. The third-order valence-electron chi connectivity index (χ3n) is 3.94. The normalized spacial score (nSPS) is 24.9. The van der Waals surface area contributed by atoms with E-state index in [0.29, 0.717) is 0 Å². The summed E-state index contributed by atoms with van der Waals surface area (Å²) in [6.45, 7) is 2.76. The molecule has 0 spiro atoms. The zero-order valence-corrected chi connectivity index (χ0v) is 11.2. The van der Waals surface area contributed by atoms with Crippen LogP contribution in [0.25, 0.3) is 0 Å². The van der Waals surface area contributed by atoms with Gasteiger partial charge in [0.15, 0.2) is 0 Å². The Morgan fingerprint density at radius 1 is 1.47 bits per heavy atom. The van der Waals surface area contributed by atoms with Crippen molar-refractivity contribution in [3.05, 3.63) is 24.3 Å². The van der Waals surface area contributed by atoms with E-state index in [0.717, 1.165) is 37.9 Å². The number of hydrogen-bond donors (Lipinski definition) is 2. The number of carboxylic acid groups (broad SMARTS) is 1. The summed E-state index contributed by atoms with van der Waals surface area (Å²) in [5.41, 5.74) is 0.894. The smallest absolute Gasteiger partial charge is 0.306 e. The van der Waals surface area contributed by atoms with E-state index in [1.54, 1.807) is 18.6 Å². The van der Waals surface area contributed by atoms with E-state index in [1.807, 2.05) is 6.92 Å². The largest absolute Gasteiger partial charge is 0.481 e. The first-order valence-electron chi connectivity index (χ1n) is 6.90. The maximum absolute atomic E-state index is 11.2. The Hall–Kier alpha value is -1.49. The van der Waals surface area contributed by atoms with Gasteiger partial charge >= 0.3 is 5.97 Å². The van der Waals surface area contributed by atoms with Gasteiger partial charge in [0.2, 0.25) is 0 Å². The minimum absolute atomic E-state index is 0.102. The Bertz CT molecular complexity index is 410. The van der Waals surface area contributed by atoms with Gasteiger partial charge < -0.3 is 10.4 Å². The Morgan fingerprint density at radius 3 is 2.95 bits per heavy atom. The molecule has 0 bridgehead atoms. The second-order valence-corrected chi connectivity index (χ2v) is 5.25. The monoisotopic (exact) mass is 263 g/mol. The van der Waals surface area contributed by atoms with Crippen molar-refractivity contribution in [1.82, 2.24) is 15.3 Å². The molecule has 1 saturated carbocycles. The van der Waals surface area contributed by atoms with Crippen LogP contribution < -0.4 is 5.32 Å². The van der Waals surface area contributed by atoms with Crippen molar-refractivity contribution in [2.45, 2.75) is 38.6 Å². The lowest BCUT2D eigenvalue weighted by Crippen LogP contribution is -2.35. The fourth-order valence-electron chi connectivity index (χ4n) is 2.74. The highest BCUT2D eigenvalue weighted by atomic mass is 16.4. The minimum Gasteiger partial charge on any atom is -0.481 e. The first-order valence-corrected chi connectivity index (χ1v) is 6.90. The molecule has 0 aromatic carbocycles. The molecule has 1 fully saturated rings. The van der Waals surface area contributed by atoms with Gasteiger partial charge in [-0.25, -0.2) is 0 Å². The maximum atomic E-state index is 11.2. The van der Waals surface area contributed by atoms with E-state index in [4.69, 9.17) is 0 Å². The summed E-state index contributed by atoms with van der Waals surface area (Å²) in [7, 11) is 0. The van der Waals surface area contributed by atoms with E-state index in [2.05, 4.69) is 15.3 Å². The van der Waals surface area contributed by atoms with Crippen LogP contribution in [-0.4, -0.2) is 27.6 Å². The Kier molecular flexibility index (Phi) is 4.85. The number of aromatic nitrogens is 2. The van der Waals surface area contributed by atoms with E-state index in [9.17, 15) is 9.90 Å². The van der Waals surface area contributed by atoms with Gasteiger partial charge in [0.25, 0.3) is 0 Å². The third-order valence-corrected chi connectivity index (χ3v) is 3.94. The summed E-state index contributed by atoms with van der Waals surface area (Å²) in [6.07, 6.45) is 9.04. The molecule has 3 unspecified atom stereocenters. The molecule has 1 aliphatic carbocycles. The van der Waals surface area contributed by atoms with Crippen molar-refractivity contribution in [1.29, 1.82) is 0 Å². The highest BCUT2D eigenvalue weighted by Gasteiger charge is 2.30. The van der Waals surface area contributed by atoms with Gasteiger partial charge in [-0.1, -0.05) is 12.8 Å². The first-order chi connectivity index (χ1) is 9.18. The zero-order valence-electron chi connectivity index (χ0n) is 11.2. The van der Waals surface area contributed by atoms with Crippen LogP contribution in [-0.2, 0) is 4.79 Å². The van der Waals surface area contributed by atoms with Gasteiger partial charge in [-0.2, -0.15) is 0 Å². The van der Waals surface area contributed by atoms with Crippen LogP contribution in [0.15, 0.2) is 18.6 Å². The average Bonchev–Trinajstić information content (AvgIpc) is 2.46. The van der Waals surface area contributed by atoms with E-state index >= 15 is 0 Å². The van der Waals surface area contributed by atoms with Crippen LogP contribution in [0.2, 0.25) is 0 Å². The molecule has 1 aliphatic rings. The highest BCUT2D eigenvalue weighted by molar-refractivity contribution is 5.70. The molecule has 104 valence electrons. The summed E-state index contributed by atoms with van der Waals surface area (Å²) in [5, 5.41) is 12.6. The number of carbonyl (C=O) groups is 1. The molecule has 1 aromatic rings. The van der Waals surface area contributed by atoms with Gasteiger partial charge in [0.05, 0.1) is 11.6 Å². The number of aliphatic carboxylic acids is 1. The predicted octanol–water partition coefficient (Wildman–Crippen LogP) is 2.02. The molecule has 2 rings (SSSR count). The number of carboxylic acids is 1. The fraction of sp³-hybridized carbons (Fsp3) is 0.643. The van der Waals surface area contributed by atoms with Gasteiger partial charge in [-0.15, -0.1) is 0 Å². The molecule has 0 amide bonds. The van der Waals surface area contributed by atoms with Gasteiger partial charge in [0.1, 0.15) is 0 Å². The summed E-state index contributed by atoms with van der Waals surface area (Å²) in [5.74, 6) is -0.626. The number of nitrogens with zero attached hydrogens (tertiary/aromatic N) is 2. The van der Waals surface area contributed by atoms with Crippen molar-refractivity contribution >= 4 is 5.97 Å². The molecule has 3 atom stereocenters. The average molecular weight is 263 g/mol. The van der Waals surface area contributed by atoms with E-state index in [1.165, 1.54) is 0 Å². The number of rotatable bonds is 5. The van der Waals surface area contributed by atoms with Gasteiger partial charge in [-0.3, -0.25) is 14.8 Å².